The van der Waals surface area contributed by atoms with Crippen molar-refractivity contribution < 1.29 is 18.0 Å². The molecule has 1 aromatic heterocycles. The Kier molecular flexibility index (Phi) is 3.78. The van der Waals surface area contributed by atoms with E-state index in [2.05, 4.69) is 10.1 Å². The van der Waals surface area contributed by atoms with E-state index >= 15 is 0 Å². The molecule has 0 bridgehead atoms. The van der Waals surface area contributed by atoms with E-state index in [1.54, 1.807) is 0 Å². The van der Waals surface area contributed by atoms with E-state index in [9.17, 15) is 8.78 Å². The van der Waals surface area contributed by atoms with Gasteiger partial charge in [-0.3, -0.25) is 0 Å². The average Bonchev–Trinajstić information content (AvgIpc) is 2.83. The fourth-order valence-electron chi connectivity index (χ4n) is 1.70. The summed E-state index contributed by atoms with van der Waals surface area (Å²) in [7, 11) is 0. The zero-order valence-corrected chi connectivity index (χ0v) is 10.9. The highest BCUT2D eigenvalue weighted by Crippen LogP contribution is 2.26. The molecule has 102 valence electrons. The summed E-state index contributed by atoms with van der Waals surface area (Å²) in [4.78, 5) is 3.55. The second kappa shape index (κ2) is 5.34. The van der Waals surface area contributed by atoms with Gasteiger partial charge in [0, 0.05) is 0 Å². The first-order valence-corrected chi connectivity index (χ1v) is 5.79. The van der Waals surface area contributed by atoms with Gasteiger partial charge in [-0.1, -0.05) is 17.3 Å². The molecule has 0 N–H and O–H groups in total. The van der Waals surface area contributed by atoms with Crippen molar-refractivity contribution in [1.29, 1.82) is 0 Å². The highest BCUT2D eigenvalue weighted by Gasteiger charge is 2.16. The van der Waals surface area contributed by atoms with Gasteiger partial charge in [0.15, 0.2) is 6.61 Å². The molecule has 0 unspecified atom stereocenters. The van der Waals surface area contributed by atoms with Crippen molar-refractivity contribution in [2.75, 3.05) is 0 Å². The van der Waals surface area contributed by atoms with Crippen LogP contribution in [-0.4, -0.2) is 10.1 Å². The van der Waals surface area contributed by atoms with Crippen LogP contribution in [0, 0.1) is 20.8 Å². The molecule has 0 amide bonds. The zero-order chi connectivity index (χ0) is 14.0. The van der Waals surface area contributed by atoms with E-state index in [0.717, 1.165) is 22.4 Å². The number of hydrogen-bond donors (Lipinski definition) is 0. The SMILES string of the molecule is Cc1ccc(C)c(OCc2nc(C(F)F)no2)c1C. The third-order valence-corrected chi connectivity index (χ3v) is 2.89. The summed E-state index contributed by atoms with van der Waals surface area (Å²) in [6.07, 6.45) is -2.74. The van der Waals surface area contributed by atoms with E-state index in [1.165, 1.54) is 0 Å². The van der Waals surface area contributed by atoms with Crippen LogP contribution in [0.3, 0.4) is 0 Å². The van der Waals surface area contributed by atoms with Crippen molar-refractivity contribution in [1.82, 2.24) is 10.1 Å². The van der Waals surface area contributed by atoms with Crippen LogP contribution < -0.4 is 4.74 Å². The van der Waals surface area contributed by atoms with E-state index in [1.807, 2.05) is 32.9 Å². The summed E-state index contributed by atoms with van der Waals surface area (Å²) in [5, 5.41) is 3.17. The molecule has 2 aromatic rings. The molecular formula is C13H14F2N2O2. The van der Waals surface area contributed by atoms with Crippen molar-refractivity contribution in [3.05, 3.63) is 40.5 Å². The zero-order valence-electron chi connectivity index (χ0n) is 10.9. The molecule has 4 nitrogen and oxygen atoms in total. The van der Waals surface area contributed by atoms with Crippen LogP contribution in [0.1, 0.15) is 34.8 Å². The minimum Gasteiger partial charge on any atom is -0.483 e. The van der Waals surface area contributed by atoms with Crippen LogP contribution in [0.5, 0.6) is 5.75 Å². The summed E-state index contributed by atoms with van der Waals surface area (Å²) in [5.74, 6) is 0.142. The van der Waals surface area contributed by atoms with Crippen LogP contribution in [0.2, 0.25) is 0 Å². The van der Waals surface area contributed by atoms with Crippen LogP contribution in [0.4, 0.5) is 8.78 Å². The van der Waals surface area contributed by atoms with Gasteiger partial charge in [-0.05, 0) is 37.5 Å². The number of hydrogen-bond acceptors (Lipinski definition) is 4. The largest absolute Gasteiger partial charge is 0.483 e. The minimum atomic E-state index is -2.74. The first-order chi connectivity index (χ1) is 8.99. The lowest BCUT2D eigenvalue weighted by Gasteiger charge is -2.12. The molecule has 2 rings (SSSR count). The van der Waals surface area contributed by atoms with Crippen LogP contribution in [0.15, 0.2) is 16.7 Å². The van der Waals surface area contributed by atoms with Gasteiger partial charge in [-0.2, -0.15) is 4.98 Å². The maximum atomic E-state index is 12.3. The van der Waals surface area contributed by atoms with Crippen LogP contribution >= 0.6 is 0 Å². The molecule has 1 heterocycles. The lowest BCUT2D eigenvalue weighted by Crippen LogP contribution is -2.00. The van der Waals surface area contributed by atoms with E-state index in [4.69, 9.17) is 9.26 Å². The van der Waals surface area contributed by atoms with E-state index in [0.29, 0.717) is 0 Å². The number of aryl methyl sites for hydroxylation is 2. The Hall–Kier alpha value is -1.98. The van der Waals surface area contributed by atoms with Crippen molar-refractivity contribution in [2.45, 2.75) is 33.8 Å². The van der Waals surface area contributed by atoms with Gasteiger partial charge in [-0.15, -0.1) is 0 Å². The third kappa shape index (κ3) is 2.89. The number of ether oxygens (including phenoxy) is 1. The molecule has 0 saturated carbocycles. The molecule has 0 saturated heterocycles. The summed E-state index contributed by atoms with van der Waals surface area (Å²) >= 11 is 0. The second-order valence-electron chi connectivity index (χ2n) is 4.29. The molecule has 6 heteroatoms. The number of aromatic nitrogens is 2. The molecule has 0 atom stereocenters. The van der Waals surface area contributed by atoms with Crippen LogP contribution in [0.25, 0.3) is 0 Å². The van der Waals surface area contributed by atoms with E-state index in [-0.39, 0.29) is 12.5 Å². The maximum absolute atomic E-state index is 12.3. The highest BCUT2D eigenvalue weighted by atomic mass is 19.3. The Bertz CT molecular complexity index is 582. The van der Waals surface area contributed by atoms with Gasteiger partial charge in [0.05, 0.1) is 0 Å². The van der Waals surface area contributed by atoms with Gasteiger partial charge in [-0.25, -0.2) is 8.78 Å². The molecular weight excluding hydrogens is 254 g/mol. The predicted octanol–water partition coefficient (Wildman–Crippen LogP) is 3.51. The van der Waals surface area contributed by atoms with Gasteiger partial charge < -0.3 is 9.26 Å². The Balaban J connectivity index is 2.12. The summed E-state index contributed by atoms with van der Waals surface area (Å²) in [6, 6.07) is 3.94. The fraction of sp³-hybridized carbons (Fsp3) is 0.385. The molecule has 0 fully saturated rings. The monoisotopic (exact) mass is 268 g/mol. The predicted molar refractivity (Wildman–Crippen MR) is 64.2 cm³/mol. The molecule has 19 heavy (non-hydrogen) atoms. The first kappa shape index (κ1) is 13.5. The normalized spacial score (nSPS) is 11.1. The van der Waals surface area contributed by atoms with Gasteiger partial charge in [0.25, 0.3) is 5.89 Å². The molecule has 0 spiro atoms. The number of halogens is 2. The number of alkyl halides is 2. The van der Waals surface area contributed by atoms with E-state index < -0.39 is 12.2 Å². The summed E-state index contributed by atoms with van der Waals surface area (Å²) < 4.78 is 34.9. The average molecular weight is 268 g/mol. The first-order valence-electron chi connectivity index (χ1n) is 5.79. The fourth-order valence-corrected chi connectivity index (χ4v) is 1.70. The standard InChI is InChI=1S/C13H14F2N2O2/c1-7-4-5-8(2)11(9(7)3)18-6-10-16-13(12(14)15)17-19-10/h4-5,12H,6H2,1-3H3. The Morgan fingerprint density at radius 2 is 1.89 bits per heavy atom. The maximum Gasteiger partial charge on any atom is 0.300 e. The lowest BCUT2D eigenvalue weighted by molar-refractivity contribution is 0.136. The molecule has 0 aliphatic heterocycles. The number of benzene rings is 1. The summed E-state index contributed by atoms with van der Waals surface area (Å²) in [5.41, 5.74) is 3.07. The Morgan fingerprint density at radius 1 is 1.21 bits per heavy atom. The third-order valence-electron chi connectivity index (χ3n) is 2.89. The Morgan fingerprint density at radius 3 is 2.53 bits per heavy atom. The van der Waals surface area contributed by atoms with Gasteiger partial charge in [0.2, 0.25) is 5.82 Å². The smallest absolute Gasteiger partial charge is 0.300 e. The number of nitrogens with zero attached hydrogens (tertiary/aromatic N) is 2. The minimum absolute atomic E-state index is 0.0230. The molecule has 0 radical (unpaired) electrons. The second-order valence-corrected chi connectivity index (χ2v) is 4.29. The highest BCUT2D eigenvalue weighted by molar-refractivity contribution is 5.44. The Labute approximate surface area is 109 Å². The van der Waals surface area contributed by atoms with Crippen molar-refractivity contribution in [2.24, 2.45) is 0 Å². The lowest BCUT2D eigenvalue weighted by atomic mass is 10.1. The summed E-state index contributed by atoms with van der Waals surface area (Å²) in [6.45, 7) is 5.81. The topological polar surface area (TPSA) is 48.2 Å². The quantitative estimate of drug-likeness (QED) is 0.851. The van der Waals surface area contributed by atoms with Crippen LogP contribution in [-0.2, 0) is 6.61 Å². The molecule has 1 aromatic carbocycles. The van der Waals surface area contributed by atoms with Crippen molar-refractivity contribution >= 4 is 0 Å². The molecule has 0 aliphatic rings. The van der Waals surface area contributed by atoms with Gasteiger partial charge in [0.1, 0.15) is 5.75 Å². The number of rotatable bonds is 4. The van der Waals surface area contributed by atoms with Crippen molar-refractivity contribution in [3.8, 4) is 5.75 Å². The molecule has 0 aliphatic carbocycles. The van der Waals surface area contributed by atoms with Gasteiger partial charge >= 0.3 is 6.43 Å². The van der Waals surface area contributed by atoms with Crippen molar-refractivity contribution in [3.63, 3.8) is 0 Å².